The molecule has 1 amide bonds. The molecule has 27 heavy (non-hydrogen) atoms. The Labute approximate surface area is 161 Å². The molecule has 4 rings (SSSR count). The van der Waals surface area contributed by atoms with Crippen molar-refractivity contribution in [3.05, 3.63) is 53.5 Å². The van der Waals surface area contributed by atoms with Gasteiger partial charge in [-0.25, -0.2) is 4.98 Å². The van der Waals surface area contributed by atoms with Crippen molar-refractivity contribution in [2.45, 2.75) is 0 Å². The third-order valence-electron chi connectivity index (χ3n) is 4.51. The Kier molecular flexibility index (Phi) is 4.97. The number of piperazine rings is 1. The first-order chi connectivity index (χ1) is 13.3. The number of amides is 1. The van der Waals surface area contributed by atoms with Crippen LogP contribution in [0.5, 0.6) is 5.88 Å². The van der Waals surface area contributed by atoms with Gasteiger partial charge in [0.05, 0.1) is 12.0 Å². The first kappa shape index (κ1) is 17.4. The van der Waals surface area contributed by atoms with E-state index < -0.39 is 0 Å². The predicted molar refractivity (Wildman–Crippen MR) is 104 cm³/mol. The number of nitrogens with zero attached hydrogens (tertiary/aromatic N) is 5. The molecule has 0 aromatic carbocycles. The van der Waals surface area contributed by atoms with Gasteiger partial charge in [-0.15, -0.1) is 21.5 Å². The lowest BCUT2D eigenvalue weighted by Gasteiger charge is -2.35. The highest BCUT2D eigenvalue weighted by Crippen LogP contribution is 2.24. The largest absolute Gasteiger partial charge is 0.480 e. The lowest BCUT2D eigenvalue weighted by Crippen LogP contribution is -2.49. The number of carbonyl (C=O) groups excluding carboxylic acids is 1. The molecule has 0 saturated carbocycles. The highest BCUT2D eigenvalue weighted by molar-refractivity contribution is 7.13. The molecule has 0 bridgehead atoms. The molecule has 0 unspecified atom stereocenters. The number of thiophene rings is 1. The summed E-state index contributed by atoms with van der Waals surface area (Å²) < 4.78 is 5.20. The lowest BCUT2D eigenvalue weighted by molar-refractivity contribution is 0.0742. The van der Waals surface area contributed by atoms with Crippen molar-refractivity contribution in [1.82, 2.24) is 20.1 Å². The van der Waals surface area contributed by atoms with Gasteiger partial charge in [-0.3, -0.25) is 4.79 Å². The molecule has 138 valence electrons. The SMILES string of the molecule is COc1ncccc1C(=O)N1CCN(c2ccc(-c3cccs3)nn2)CC1. The molecule has 0 aliphatic carbocycles. The Hall–Kier alpha value is -3.00. The standard InChI is InChI=1S/C19H19N5O2S/c1-26-18-14(4-2-8-20-18)19(25)24-11-9-23(10-12-24)17-7-6-15(21-22-17)16-5-3-13-27-16/h2-8,13H,9-12H2,1H3. The summed E-state index contributed by atoms with van der Waals surface area (Å²) in [4.78, 5) is 21.9. The first-order valence-corrected chi connectivity index (χ1v) is 9.55. The number of rotatable bonds is 4. The number of aromatic nitrogens is 3. The van der Waals surface area contributed by atoms with Gasteiger partial charge in [0, 0.05) is 32.4 Å². The smallest absolute Gasteiger partial charge is 0.259 e. The molecule has 3 aromatic rings. The number of methoxy groups -OCH3 is 1. The lowest BCUT2D eigenvalue weighted by atomic mass is 10.2. The summed E-state index contributed by atoms with van der Waals surface area (Å²) in [6.07, 6.45) is 1.62. The number of anilines is 1. The topological polar surface area (TPSA) is 71.5 Å². The summed E-state index contributed by atoms with van der Waals surface area (Å²) in [5, 5.41) is 10.7. The maximum absolute atomic E-state index is 12.8. The molecule has 0 atom stereocenters. The van der Waals surface area contributed by atoms with Crippen LogP contribution in [0.25, 0.3) is 10.6 Å². The molecule has 4 heterocycles. The van der Waals surface area contributed by atoms with E-state index in [2.05, 4.69) is 20.1 Å². The third kappa shape index (κ3) is 3.61. The van der Waals surface area contributed by atoms with E-state index in [4.69, 9.17) is 4.74 Å². The van der Waals surface area contributed by atoms with E-state index in [1.807, 2.05) is 34.5 Å². The van der Waals surface area contributed by atoms with Gasteiger partial charge in [-0.2, -0.15) is 0 Å². The van der Waals surface area contributed by atoms with Crippen molar-refractivity contribution >= 4 is 23.1 Å². The van der Waals surface area contributed by atoms with Crippen LogP contribution < -0.4 is 9.64 Å². The van der Waals surface area contributed by atoms with Crippen LogP contribution in [0.4, 0.5) is 5.82 Å². The average Bonchev–Trinajstić information content (AvgIpc) is 3.28. The van der Waals surface area contributed by atoms with Crippen molar-refractivity contribution < 1.29 is 9.53 Å². The Morgan fingerprint density at radius 1 is 1.07 bits per heavy atom. The van der Waals surface area contributed by atoms with E-state index in [9.17, 15) is 4.79 Å². The Morgan fingerprint density at radius 3 is 2.59 bits per heavy atom. The Balaban J connectivity index is 1.41. The molecule has 0 spiro atoms. The highest BCUT2D eigenvalue weighted by Gasteiger charge is 2.25. The zero-order valence-corrected chi connectivity index (χ0v) is 15.7. The second kappa shape index (κ2) is 7.71. The van der Waals surface area contributed by atoms with Crippen molar-refractivity contribution in [1.29, 1.82) is 0 Å². The van der Waals surface area contributed by atoms with Crippen molar-refractivity contribution in [2.75, 3.05) is 38.2 Å². The minimum atomic E-state index is -0.0567. The quantitative estimate of drug-likeness (QED) is 0.692. The van der Waals surface area contributed by atoms with Crippen LogP contribution in [0, 0.1) is 0 Å². The number of pyridine rings is 1. The average molecular weight is 381 g/mol. The van der Waals surface area contributed by atoms with Gasteiger partial charge in [0.25, 0.3) is 5.91 Å². The molecule has 1 fully saturated rings. The van der Waals surface area contributed by atoms with Gasteiger partial charge in [0.2, 0.25) is 5.88 Å². The van der Waals surface area contributed by atoms with Crippen molar-refractivity contribution in [2.24, 2.45) is 0 Å². The van der Waals surface area contributed by atoms with Crippen molar-refractivity contribution in [3.63, 3.8) is 0 Å². The number of ether oxygens (including phenoxy) is 1. The summed E-state index contributed by atoms with van der Waals surface area (Å²) in [6, 6.07) is 11.5. The van der Waals surface area contributed by atoms with E-state index in [-0.39, 0.29) is 5.91 Å². The monoisotopic (exact) mass is 381 g/mol. The van der Waals surface area contributed by atoms with Gasteiger partial charge in [-0.1, -0.05) is 6.07 Å². The van der Waals surface area contributed by atoms with Crippen LogP contribution in [-0.4, -0.2) is 59.3 Å². The summed E-state index contributed by atoms with van der Waals surface area (Å²) in [7, 11) is 1.52. The molecule has 3 aromatic heterocycles. The fourth-order valence-electron chi connectivity index (χ4n) is 3.07. The molecule has 7 nitrogen and oxygen atoms in total. The molecule has 1 saturated heterocycles. The Bertz CT molecular complexity index is 906. The molecular formula is C19H19N5O2S. The minimum absolute atomic E-state index is 0.0567. The summed E-state index contributed by atoms with van der Waals surface area (Å²) in [6.45, 7) is 2.65. The second-order valence-electron chi connectivity index (χ2n) is 6.09. The molecule has 1 aliphatic rings. The number of hydrogen-bond acceptors (Lipinski definition) is 7. The van der Waals surface area contributed by atoms with Crippen LogP contribution in [0.3, 0.4) is 0 Å². The molecule has 8 heteroatoms. The summed E-state index contributed by atoms with van der Waals surface area (Å²) >= 11 is 1.65. The van der Waals surface area contributed by atoms with E-state index in [0.717, 1.165) is 16.4 Å². The van der Waals surface area contributed by atoms with Gasteiger partial charge in [-0.05, 0) is 35.7 Å². The van der Waals surface area contributed by atoms with Crippen LogP contribution in [0.2, 0.25) is 0 Å². The van der Waals surface area contributed by atoms with Crippen LogP contribution in [-0.2, 0) is 0 Å². The summed E-state index contributed by atoms with van der Waals surface area (Å²) in [5.74, 6) is 1.14. The zero-order chi connectivity index (χ0) is 18.6. The van der Waals surface area contributed by atoms with Gasteiger partial charge < -0.3 is 14.5 Å². The second-order valence-corrected chi connectivity index (χ2v) is 7.04. The van der Waals surface area contributed by atoms with Crippen LogP contribution in [0.15, 0.2) is 48.0 Å². The van der Waals surface area contributed by atoms with E-state index in [1.165, 1.54) is 7.11 Å². The van der Waals surface area contributed by atoms with Gasteiger partial charge >= 0.3 is 0 Å². The molecular weight excluding hydrogens is 362 g/mol. The minimum Gasteiger partial charge on any atom is -0.480 e. The maximum atomic E-state index is 12.8. The molecule has 0 radical (unpaired) electrons. The summed E-state index contributed by atoms with van der Waals surface area (Å²) in [5.41, 5.74) is 1.37. The fraction of sp³-hybridized carbons (Fsp3) is 0.263. The first-order valence-electron chi connectivity index (χ1n) is 8.67. The van der Waals surface area contributed by atoms with Crippen LogP contribution >= 0.6 is 11.3 Å². The number of carbonyl (C=O) groups is 1. The van der Waals surface area contributed by atoms with Gasteiger partial charge in [0.1, 0.15) is 11.3 Å². The van der Waals surface area contributed by atoms with E-state index >= 15 is 0 Å². The molecule has 1 aliphatic heterocycles. The normalized spacial score (nSPS) is 14.3. The Morgan fingerprint density at radius 2 is 1.93 bits per heavy atom. The van der Waals surface area contributed by atoms with Gasteiger partial charge in [0.15, 0.2) is 5.82 Å². The molecule has 0 N–H and O–H groups in total. The number of hydrogen-bond donors (Lipinski definition) is 0. The fourth-order valence-corrected chi connectivity index (χ4v) is 3.77. The van der Waals surface area contributed by atoms with Crippen LogP contribution in [0.1, 0.15) is 10.4 Å². The van der Waals surface area contributed by atoms with Crippen molar-refractivity contribution in [3.8, 4) is 16.5 Å². The maximum Gasteiger partial charge on any atom is 0.259 e. The predicted octanol–water partition coefficient (Wildman–Crippen LogP) is 2.57. The third-order valence-corrected chi connectivity index (χ3v) is 5.40. The van der Waals surface area contributed by atoms with E-state index in [0.29, 0.717) is 37.6 Å². The highest BCUT2D eigenvalue weighted by atomic mass is 32.1. The zero-order valence-electron chi connectivity index (χ0n) is 14.9. The van der Waals surface area contributed by atoms with E-state index in [1.54, 1.807) is 29.7 Å².